The lowest BCUT2D eigenvalue weighted by Gasteiger charge is -2.12. The van der Waals surface area contributed by atoms with Crippen molar-refractivity contribution in [1.82, 2.24) is 24.5 Å². The summed E-state index contributed by atoms with van der Waals surface area (Å²) in [4.78, 5) is 17.1. The predicted octanol–water partition coefficient (Wildman–Crippen LogP) is 5.11. The van der Waals surface area contributed by atoms with E-state index < -0.39 is 0 Å². The highest BCUT2D eigenvalue weighted by molar-refractivity contribution is 6.30. The fraction of sp³-hybridized carbons (Fsp3) is 0.0400. The summed E-state index contributed by atoms with van der Waals surface area (Å²) in [7, 11) is 0. The Hall–Kier alpha value is -4.03. The minimum atomic E-state index is -0.187. The van der Waals surface area contributed by atoms with Crippen molar-refractivity contribution in [1.29, 1.82) is 0 Å². The zero-order chi connectivity index (χ0) is 22.1. The van der Waals surface area contributed by atoms with Gasteiger partial charge in [0.1, 0.15) is 0 Å². The molecule has 32 heavy (non-hydrogen) atoms. The van der Waals surface area contributed by atoms with Gasteiger partial charge in [-0.1, -0.05) is 29.8 Å². The molecule has 5 aromatic rings. The third kappa shape index (κ3) is 3.72. The molecule has 7 heteroatoms. The number of hydrogen-bond donors (Lipinski definition) is 0. The van der Waals surface area contributed by atoms with Crippen LogP contribution >= 0.6 is 11.6 Å². The Morgan fingerprint density at radius 2 is 1.81 bits per heavy atom. The first-order valence-corrected chi connectivity index (χ1v) is 10.4. The number of nitrogens with zero attached hydrogens (tertiary/aromatic N) is 5. The van der Waals surface area contributed by atoms with Crippen LogP contribution in [0.4, 0.5) is 0 Å². The van der Waals surface area contributed by atoms with Crippen LogP contribution in [-0.2, 0) is 0 Å². The molecule has 0 atom stereocenters. The molecule has 6 nitrogen and oxygen atoms in total. The molecule has 0 saturated heterocycles. The van der Waals surface area contributed by atoms with E-state index in [2.05, 4.69) is 21.2 Å². The summed E-state index contributed by atoms with van der Waals surface area (Å²) < 4.78 is 3.38. The van der Waals surface area contributed by atoms with E-state index in [-0.39, 0.29) is 5.43 Å². The monoisotopic (exact) mass is 439 g/mol. The molecule has 3 heterocycles. The highest BCUT2D eigenvalue weighted by Crippen LogP contribution is 2.24. The molecule has 0 unspecified atom stereocenters. The maximum atomic E-state index is 12.7. The van der Waals surface area contributed by atoms with Crippen molar-refractivity contribution >= 4 is 11.6 Å². The topological polar surface area (TPSA) is 65.6 Å². The summed E-state index contributed by atoms with van der Waals surface area (Å²) in [5.74, 6) is 0. The van der Waals surface area contributed by atoms with Crippen LogP contribution < -0.4 is 5.43 Å². The average Bonchev–Trinajstić information content (AvgIpc) is 3.30. The third-order valence-electron chi connectivity index (χ3n) is 5.15. The van der Waals surface area contributed by atoms with Crippen LogP contribution in [0.1, 0.15) is 5.56 Å². The quantitative estimate of drug-likeness (QED) is 0.390. The van der Waals surface area contributed by atoms with Gasteiger partial charge in [0, 0.05) is 29.0 Å². The van der Waals surface area contributed by atoms with Gasteiger partial charge >= 0.3 is 0 Å². The molecule has 0 bridgehead atoms. The van der Waals surface area contributed by atoms with Crippen molar-refractivity contribution in [2.24, 2.45) is 0 Å². The van der Waals surface area contributed by atoms with Gasteiger partial charge in [0.05, 0.1) is 29.0 Å². The molecule has 0 N–H and O–H groups in total. The second-order valence-electron chi connectivity index (χ2n) is 7.30. The lowest BCUT2D eigenvalue weighted by molar-refractivity contribution is 0.818. The molecule has 0 aliphatic carbocycles. The smallest absolute Gasteiger partial charge is 0.209 e. The average molecular weight is 440 g/mol. The van der Waals surface area contributed by atoms with Gasteiger partial charge < -0.3 is 0 Å². The molecule has 0 aliphatic rings. The van der Waals surface area contributed by atoms with Gasteiger partial charge in [0.2, 0.25) is 5.43 Å². The largest absolute Gasteiger partial charge is 0.287 e. The highest BCUT2D eigenvalue weighted by Gasteiger charge is 2.14. The molecular formula is C25H18ClN5O. The molecule has 3 aromatic heterocycles. The summed E-state index contributed by atoms with van der Waals surface area (Å²) in [5, 5.41) is 9.61. The van der Waals surface area contributed by atoms with E-state index in [1.54, 1.807) is 46.2 Å². The van der Waals surface area contributed by atoms with E-state index in [1.165, 1.54) is 6.07 Å². The Labute approximate surface area is 189 Å². The van der Waals surface area contributed by atoms with Crippen molar-refractivity contribution < 1.29 is 0 Å². The standard InChI is InChI=1S/C25H18ClN5O/c1-17-15-18(21-7-2-3-12-27-21)8-9-22(17)30-14-11-24(32)25(29-30)23-10-13-28-31(23)20-6-4-5-19(26)16-20/h2-16H,1H3. The number of benzene rings is 2. The van der Waals surface area contributed by atoms with Crippen LogP contribution in [0.3, 0.4) is 0 Å². The SMILES string of the molecule is Cc1cc(-c2ccccn2)ccc1-n1ccc(=O)c(-c2ccnn2-c2cccc(Cl)c2)n1. The van der Waals surface area contributed by atoms with Crippen molar-refractivity contribution in [2.45, 2.75) is 6.92 Å². The second kappa shape index (κ2) is 8.24. The van der Waals surface area contributed by atoms with E-state index >= 15 is 0 Å². The van der Waals surface area contributed by atoms with Crippen molar-refractivity contribution in [3.8, 4) is 34.0 Å². The first-order valence-electron chi connectivity index (χ1n) is 10.0. The van der Waals surface area contributed by atoms with E-state index in [0.29, 0.717) is 16.4 Å². The third-order valence-corrected chi connectivity index (χ3v) is 5.39. The molecule has 2 aromatic carbocycles. The van der Waals surface area contributed by atoms with Crippen LogP contribution in [0.25, 0.3) is 34.0 Å². The van der Waals surface area contributed by atoms with E-state index in [4.69, 9.17) is 11.6 Å². The molecule has 0 fully saturated rings. The normalized spacial score (nSPS) is 10.9. The molecule has 5 rings (SSSR count). The first kappa shape index (κ1) is 19.9. The van der Waals surface area contributed by atoms with Crippen LogP contribution in [0.15, 0.2) is 96.2 Å². The lowest BCUT2D eigenvalue weighted by atomic mass is 10.1. The number of aromatic nitrogens is 5. The van der Waals surface area contributed by atoms with Crippen molar-refractivity contribution in [3.63, 3.8) is 0 Å². The van der Waals surface area contributed by atoms with E-state index in [0.717, 1.165) is 28.2 Å². The number of rotatable bonds is 4. The lowest BCUT2D eigenvalue weighted by Crippen LogP contribution is -2.15. The minimum absolute atomic E-state index is 0.187. The summed E-state index contributed by atoms with van der Waals surface area (Å²) >= 11 is 6.14. The molecule has 0 spiro atoms. The number of aryl methyl sites for hydroxylation is 1. The summed E-state index contributed by atoms with van der Waals surface area (Å²) in [6.45, 7) is 2.01. The molecule has 0 saturated carbocycles. The Morgan fingerprint density at radius 1 is 0.906 bits per heavy atom. The second-order valence-corrected chi connectivity index (χ2v) is 7.73. The zero-order valence-corrected chi connectivity index (χ0v) is 17.9. The molecule has 156 valence electrons. The van der Waals surface area contributed by atoms with Gasteiger partial charge in [0.15, 0.2) is 5.69 Å². The minimum Gasteiger partial charge on any atom is -0.287 e. The van der Waals surface area contributed by atoms with Gasteiger partial charge in [0.25, 0.3) is 0 Å². The summed E-state index contributed by atoms with van der Waals surface area (Å²) in [6, 6.07) is 22.5. The molecular weight excluding hydrogens is 422 g/mol. The van der Waals surface area contributed by atoms with Crippen LogP contribution in [0.5, 0.6) is 0 Å². The summed E-state index contributed by atoms with van der Waals surface area (Å²) in [5.41, 5.74) is 5.27. The summed E-state index contributed by atoms with van der Waals surface area (Å²) in [6.07, 6.45) is 5.09. The van der Waals surface area contributed by atoms with E-state index in [1.807, 2.05) is 49.4 Å². The maximum Gasteiger partial charge on any atom is 0.209 e. The molecule has 0 amide bonds. The Bertz CT molecular complexity index is 1470. The zero-order valence-electron chi connectivity index (χ0n) is 17.2. The van der Waals surface area contributed by atoms with Gasteiger partial charge in [-0.05, 0) is 61.0 Å². The number of pyridine rings is 1. The van der Waals surface area contributed by atoms with Gasteiger partial charge in [-0.15, -0.1) is 0 Å². The Kier molecular flexibility index (Phi) is 5.13. The highest BCUT2D eigenvalue weighted by atomic mass is 35.5. The number of halogens is 1. The fourth-order valence-corrected chi connectivity index (χ4v) is 3.81. The van der Waals surface area contributed by atoms with Crippen molar-refractivity contribution in [3.05, 3.63) is 112 Å². The van der Waals surface area contributed by atoms with Gasteiger partial charge in [-0.2, -0.15) is 10.2 Å². The van der Waals surface area contributed by atoms with Crippen molar-refractivity contribution in [2.75, 3.05) is 0 Å². The fourth-order valence-electron chi connectivity index (χ4n) is 3.62. The first-order chi connectivity index (χ1) is 15.6. The Morgan fingerprint density at radius 3 is 2.59 bits per heavy atom. The van der Waals surface area contributed by atoms with E-state index in [9.17, 15) is 4.79 Å². The van der Waals surface area contributed by atoms with Gasteiger partial charge in [-0.3, -0.25) is 9.78 Å². The van der Waals surface area contributed by atoms with Crippen LogP contribution in [0, 0.1) is 6.92 Å². The molecule has 0 aliphatic heterocycles. The van der Waals surface area contributed by atoms with Gasteiger partial charge in [-0.25, -0.2) is 9.36 Å². The predicted molar refractivity (Wildman–Crippen MR) is 125 cm³/mol. The molecule has 0 radical (unpaired) electrons. The van der Waals surface area contributed by atoms with Crippen LogP contribution in [-0.4, -0.2) is 24.5 Å². The van der Waals surface area contributed by atoms with Crippen LogP contribution in [0.2, 0.25) is 5.02 Å². The Balaban J connectivity index is 1.58. The number of hydrogen-bond acceptors (Lipinski definition) is 4. The maximum absolute atomic E-state index is 12.7.